The maximum Gasteiger partial charge on any atom is 0.314 e. The van der Waals surface area contributed by atoms with E-state index in [0.29, 0.717) is 55.3 Å². The number of methoxy groups -OCH3 is 1. The zero-order valence-corrected chi connectivity index (χ0v) is 17.6. The number of hydrogen-bond acceptors (Lipinski definition) is 6. The molecular formula is C20H32N6O3. The van der Waals surface area contributed by atoms with Crippen LogP contribution in [0.25, 0.3) is 5.70 Å². The maximum absolute atomic E-state index is 12.8. The Bertz CT molecular complexity index is 779. The van der Waals surface area contributed by atoms with E-state index in [-0.39, 0.29) is 11.3 Å². The molecule has 0 saturated carbocycles. The third kappa shape index (κ3) is 6.02. The molecule has 3 amide bonds. The molecule has 1 aliphatic rings. The standard InChI is InChI=1S/C20H32N6O3/c1-20(2,3)13-26(23)12-16(21)15-6-5-14(11-17(15)29-4)18(27)24-7-9-25(10-8-24)19(22)28/h5-6,11-12H,7-10,13,21,23H2,1-4H3,(H2,22,28)/b16-12-. The maximum atomic E-state index is 12.8. The van der Waals surface area contributed by atoms with E-state index < -0.39 is 6.03 Å². The van der Waals surface area contributed by atoms with Crippen molar-refractivity contribution in [3.8, 4) is 5.75 Å². The Morgan fingerprint density at radius 3 is 2.24 bits per heavy atom. The van der Waals surface area contributed by atoms with Crippen molar-refractivity contribution in [3.63, 3.8) is 0 Å². The Hall–Kier alpha value is -2.94. The Morgan fingerprint density at radius 1 is 1.14 bits per heavy atom. The van der Waals surface area contributed by atoms with Gasteiger partial charge in [0.1, 0.15) is 5.75 Å². The molecule has 1 aliphatic heterocycles. The molecule has 160 valence electrons. The quantitative estimate of drug-likeness (QED) is 0.496. The van der Waals surface area contributed by atoms with Crippen molar-refractivity contribution < 1.29 is 14.3 Å². The molecule has 1 fully saturated rings. The first-order chi connectivity index (χ1) is 13.5. The van der Waals surface area contributed by atoms with Crippen molar-refractivity contribution >= 4 is 17.6 Å². The van der Waals surface area contributed by atoms with Crippen LogP contribution in [0.2, 0.25) is 0 Å². The van der Waals surface area contributed by atoms with Gasteiger partial charge in [0.05, 0.1) is 12.8 Å². The first-order valence-electron chi connectivity index (χ1n) is 9.52. The molecule has 0 radical (unpaired) electrons. The van der Waals surface area contributed by atoms with Crippen molar-refractivity contribution in [2.24, 2.45) is 22.7 Å². The predicted molar refractivity (Wildman–Crippen MR) is 113 cm³/mol. The van der Waals surface area contributed by atoms with Crippen LogP contribution >= 0.6 is 0 Å². The van der Waals surface area contributed by atoms with Crippen LogP contribution in [0.3, 0.4) is 0 Å². The smallest absolute Gasteiger partial charge is 0.314 e. The average molecular weight is 405 g/mol. The molecule has 1 saturated heterocycles. The van der Waals surface area contributed by atoms with Crippen molar-refractivity contribution in [3.05, 3.63) is 35.5 Å². The summed E-state index contributed by atoms with van der Waals surface area (Å²) < 4.78 is 5.46. The fourth-order valence-electron chi connectivity index (χ4n) is 3.22. The summed E-state index contributed by atoms with van der Waals surface area (Å²) in [5.41, 5.74) is 13.1. The second kappa shape index (κ2) is 9.04. The van der Waals surface area contributed by atoms with Crippen LogP contribution in [0.1, 0.15) is 36.7 Å². The molecule has 0 aromatic heterocycles. The number of amides is 3. The number of hydrazine groups is 1. The molecule has 29 heavy (non-hydrogen) atoms. The molecule has 9 heteroatoms. The Kier molecular flexibility index (Phi) is 6.97. The lowest BCUT2D eigenvalue weighted by molar-refractivity contribution is 0.0669. The predicted octanol–water partition coefficient (Wildman–Crippen LogP) is 1.01. The first-order valence-corrected chi connectivity index (χ1v) is 9.52. The Labute approximate surface area is 172 Å². The van der Waals surface area contributed by atoms with Gasteiger partial charge in [-0.15, -0.1) is 0 Å². The highest BCUT2D eigenvalue weighted by atomic mass is 16.5. The summed E-state index contributed by atoms with van der Waals surface area (Å²) >= 11 is 0. The SMILES string of the molecule is COc1cc(C(=O)N2CCN(C(N)=O)CC2)ccc1/C(N)=C/N(N)CC(C)(C)C. The molecule has 0 spiro atoms. The molecule has 0 atom stereocenters. The molecule has 1 aromatic carbocycles. The molecule has 9 nitrogen and oxygen atoms in total. The minimum Gasteiger partial charge on any atom is -0.496 e. The molecule has 2 rings (SSSR count). The fourth-order valence-corrected chi connectivity index (χ4v) is 3.22. The van der Waals surface area contributed by atoms with Crippen LogP contribution in [-0.2, 0) is 0 Å². The van der Waals surface area contributed by atoms with Gasteiger partial charge in [-0.3, -0.25) is 4.79 Å². The molecule has 1 heterocycles. The van der Waals surface area contributed by atoms with Crippen molar-refractivity contribution in [2.45, 2.75) is 20.8 Å². The summed E-state index contributed by atoms with van der Waals surface area (Å²) in [6.07, 6.45) is 1.66. The fraction of sp³-hybridized carbons (Fsp3) is 0.500. The van der Waals surface area contributed by atoms with Gasteiger partial charge in [-0.2, -0.15) is 0 Å². The van der Waals surface area contributed by atoms with Gasteiger partial charge in [-0.1, -0.05) is 20.8 Å². The van der Waals surface area contributed by atoms with E-state index in [9.17, 15) is 9.59 Å². The molecule has 6 N–H and O–H groups in total. The third-order valence-electron chi connectivity index (χ3n) is 4.60. The lowest BCUT2D eigenvalue weighted by Crippen LogP contribution is -2.52. The minimum absolute atomic E-state index is 0.0183. The Balaban J connectivity index is 2.16. The lowest BCUT2D eigenvalue weighted by atomic mass is 9.97. The van der Waals surface area contributed by atoms with E-state index in [1.54, 1.807) is 34.3 Å². The number of piperazine rings is 1. The van der Waals surface area contributed by atoms with E-state index in [0.717, 1.165) is 0 Å². The number of rotatable bonds is 5. The van der Waals surface area contributed by atoms with Gasteiger partial charge in [0.2, 0.25) is 0 Å². The summed E-state index contributed by atoms with van der Waals surface area (Å²) in [5.74, 6) is 6.40. The van der Waals surface area contributed by atoms with E-state index in [1.807, 2.05) is 0 Å². The lowest BCUT2D eigenvalue weighted by Gasteiger charge is -2.33. The monoisotopic (exact) mass is 404 g/mol. The number of ether oxygens (including phenoxy) is 1. The first kappa shape index (κ1) is 22.4. The number of hydrogen-bond donors (Lipinski definition) is 3. The molecule has 0 aliphatic carbocycles. The number of nitrogens with two attached hydrogens (primary N) is 3. The summed E-state index contributed by atoms with van der Waals surface area (Å²) in [6.45, 7) is 8.59. The van der Waals surface area contributed by atoms with Crippen LogP contribution in [-0.4, -0.2) is 66.6 Å². The number of benzene rings is 1. The zero-order valence-electron chi connectivity index (χ0n) is 17.6. The van der Waals surface area contributed by atoms with Gasteiger partial charge < -0.3 is 31.0 Å². The number of carbonyl (C=O) groups excluding carboxylic acids is 2. The summed E-state index contributed by atoms with van der Waals surface area (Å²) in [7, 11) is 1.53. The molecule has 0 unspecified atom stereocenters. The van der Waals surface area contributed by atoms with E-state index in [4.69, 9.17) is 22.0 Å². The minimum atomic E-state index is -0.467. The van der Waals surface area contributed by atoms with E-state index in [2.05, 4.69) is 20.8 Å². The zero-order chi connectivity index (χ0) is 21.8. The van der Waals surface area contributed by atoms with Crippen LogP contribution in [0.15, 0.2) is 24.4 Å². The normalized spacial score (nSPS) is 15.3. The summed E-state index contributed by atoms with van der Waals surface area (Å²) in [6, 6.07) is 4.67. The van der Waals surface area contributed by atoms with Gasteiger partial charge in [0.25, 0.3) is 5.91 Å². The number of urea groups is 1. The molecule has 1 aromatic rings. The van der Waals surface area contributed by atoms with E-state index in [1.165, 1.54) is 12.0 Å². The highest BCUT2D eigenvalue weighted by Gasteiger charge is 2.24. The number of carbonyl (C=O) groups is 2. The highest BCUT2D eigenvalue weighted by molar-refractivity contribution is 5.95. The van der Waals surface area contributed by atoms with Crippen LogP contribution in [0.4, 0.5) is 4.79 Å². The van der Waals surface area contributed by atoms with Crippen molar-refractivity contribution in [1.29, 1.82) is 0 Å². The second-order valence-electron chi connectivity index (χ2n) is 8.35. The van der Waals surface area contributed by atoms with Gasteiger partial charge >= 0.3 is 6.03 Å². The third-order valence-corrected chi connectivity index (χ3v) is 4.60. The van der Waals surface area contributed by atoms with Gasteiger partial charge in [-0.05, 0) is 23.6 Å². The topological polar surface area (TPSA) is 131 Å². The van der Waals surface area contributed by atoms with Crippen LogP contribution < -0.4 is 22.0 Å². The van der Waals surface area contributed by atoms with Crippen molar-refractivity contribution in [1.82, 2.24) is 14.8 Å². The molecular weight excluding hydrogens is 372 g/mol. The molecule has 0 bridgehead atoms. The average Bonchev–Trinajstić information content (AvgIpc) is 2.65. The van der Waals surface area contributed by atoms with Crippen molar-refractivity contribution in [2.75, 3.05) is 39.8 Å². The number of primary amides is 1. The largest absolute Gasteiger partial charge is 0.496 e. The Morgan fingerprint density at radius 2 is 1.72 bits per heavy atom. The van der Waals surface area contributed by atoms with Crippen LogP contribution in [0, 0.1) is 5.41 Å². The summed E-state index contributed by atoms with van der Waals surface area (Å²) in [4.78, 5) is 27.3. The van der Waals surface area contributed by atoms with Gasteiger partial charge in [-0.25, -0.2) is 10.6 Å². The van der Waals surface area contributed by atoms with Crippen LogP contribution in [0.5, 0.6) is 5.75 Å². The number of nitrogens with zero attached hydrogens (tertiary/aromatic N) is 3. The van der Waals surface area contributed by atoms with Gasteiger partial charge in [0.15, 0.2) is 0 Å². The van der Waals surface area contributed by atoms with E-state index >= 15 is 0 Å². The highest BCUT2D eigenvalue weighted by Crippen LogP contribution is 2.26. The summed E-state index contributed by atoms with van der Waals surface area (Å²) in [5, 5.41) is 1.55. The second-order valence-corrected chi connectivity index (χ2v) is 8.35. The van der Waals surface area contributed by atoms with Gasteiger partial charge in [0, 0.05) is 50.1 Å².